The Morgan fingerprint density at radius 3 is 1.30 bits per heavy atom. The van der Waals surface area contributed by atoms with E-state index in [-0.39, 0.29) is 0 Å². The van der Waals surface area contributed by atoms with E-state index in [0.29, 0.717) is 17.6 Å². The molecule has 0 atom stereocenters. The van der Waals surface area contributed by atoms with Gasteiger partial charge in [-0.05, 0) is 93.3 Å². The molecule has 0 saturated carbocycles. The van der Waals surface area contributed by atoms with E-state index in [4.69, 9.17) is 15.0 Å². The number of hydrogen-bond donors (Lipinski definition) is 0. The van der Waals surface area contributed by atoms with Gasteiger partial charge < -0.3 is 9.13 Å². The number of benzene rings is 11. The van der Waals surface area contributed by atoms with Crippen molar-refractivity contribution in [2.24, 2.45) is 0 Å². The summed E-state index contributed by atoms with van der Waals surface area (Å²) in [5.74, 6) is 1.81. The van der Waals surface area contributed by atoms with Crippen molar-refractivity contribution in [2.75, 3.05) is 0 Å². The Hall–Kier alpha value is -9.65. The third-order valence-electron chi connectivity index (χ3n) is 14.5. The molecule has 0 aliphatic heterocycles. The third kappa shape index (κ3) is 5.98. The fraction of sp³-hybridized carbons (Fsp3) is 0. The lowest BCUT2D eigenvalue weighted by molar-refractivity contribution is 0.955. The molecule has 0 aliphatic rings. The van der Waals surface area contributed by atoms with Crippen LogP contribution < -0.4 is 0 Å². The van der Waals surface area contributed by atoms with Crippen molar-refractivity contribution in [1.82, 2.24) is 28.7 Å². The van der Waals surface area contributed by atoms with E-state index < -0.39 is 0 Å². The smallest absolute Gasteiger partial charge is 0.238 e. The summed E-state index contributed by atoms with van der Waals surface area (Å²) in [5.41, 5.74) is 13.2. The maximum absolute atomic E-state index is 5.39. The van der Waals surface area contributed by atoms with Gasteiger partial charge in [0.2, 0.25) is 5.95 Å². The number of hydrogen-bond acceptors (Lipinski definition) is 3. The van der Waals surface area contributed by atoms with Crippen LogP contribution in [0.1, 0.15) is 0 Å². The Morgan fingerprint density at radius 1 is 0.254 bits per heavy atom. The molecule has 0 radical (unpaired) electrons. The molecule has 71 heavy (non-hydrogen) atoms. The molecular weight excluding hydrogens is 865 g/mol. The molecule has 0 spiro atoms. The third-order valence-corrected chi connectivity index (χ3v) is 14.5. The monoisotopic (exact) mass is 904 g/mol. The van der Waals surface area contributed by atoms with Gasteiger partial charge in [0.25, 0.3) is 0 Å². The number of nitrogens with zero attached hydrogens (tertiary/aromatic N) is 6. The zero-order chi connectivity index (χ0) is 46.6. The highest BCUT2D eigenvalue weighted by Crippen LogP contribution is 2.44. The first-order valence-electron chi connectivity index (χ1n) is 24.1. The summed E-state index contributed by atoms with van der Waals surface area (Å²) in [4.78, 5) is 16.1. The quantitative estimate of drug-likeness (QED) is 0.167. The molecule has 0 saturated heterocycles. The van der Waals surface area contributed by atoms with Crippen LogP contribution in [-0.2, 0) is 0 Å². The van der Waals surface area contributed by atoms with Crippen LogP contribution in [0, 0.1) is 0 Å². The van der Waals surface area contributed by atoms with Crippen LogP contribution in [0.4, 0.5) is 0 Å². The molecule has 0 amide bonds. The van der Waals surface area contributed by atoms with Crippen molar-refractivity contribution in [3.8, 4) is 51.2 Å². The Labute approximate surface area is 407 Å². The van der Waals surface area contributed by atoms with Gasteiger partial charge in [0.15, 0.2) is 11.6 Å². The summed E-state index contributed by atoms with van der Waals surface area (Å²) >= 11 is 0. The Bertz CT molecular complexity index is 4540. The van der Waals surface area contributed by atoms with E-state index >= 15 is 0 Å². The second kappa shape index (κ2) is 15.4. The van der Waals surface area contributed by atoms with Crippen molar-refractivity contribution in [3.05, 3.63) is 243 Å². The SMILES string of the molecule is c1ccc(-c2cccc(-n3c4ccccc4c4c5c6ccccc6n(-c6ccc7c(c6)c6ccccc6n7-c6nc(-c7cccc8ccccc78)nc(-c7cccc8ccccc78)n6)c5ccc43)c2)cc1. The van der Waals surface area contributed by atoms with Crippen LogP contribution >= 0.6 is 0 Å². The largest absolute Gasteiger partial charge is 0.309 e. The minimum Gasteiger partial charge on any atom is -0.309 e. The van der Waals surface area contributed by atoms with E-state index in [9.17, 15) is 0 Å². The van der Waals surface area contributed by atoms with Gasteiger partial charge in [-0.2, -0.15) is 9.97 Å². The molecule has 4 aromatic heterocycles. The number of para-hydroxylation sites is 3. The molecule has 15 rings (SSSR count). The summed E-state index contributed by atoms with van der Waals surface area (Å²) < 4.78 is 7.09. The molecule has 4 heterocycles. The van der Waals surface area contributed by atoms with Gasteiger partial charge >= 0.3 is 0 Å². The highest BCUT2D eigenvalue weighted by atomic mass is 15.2. The average Bonchev–Trinajstić information content (AvgIpc) is 4.09. The minimum atomic E-state index is 0.565. The van der Waals surface area contributed by atoms with Crippen LogP contribution in [0.3, 0.4) is 0 Å². The number of rotatable bonds is 6. The van der Waals surface area contributed by atoms with Crippen molar-refractivity contribution < 1.29 is 0 Å². The zero-order valence-corrected chi connectivity index (χ0v) is 38.3. The maximum atomic E-state index is 5.39. The van der Waals surface area contributed by atoms with E-state index in [1.54, 1.807) is 0 Å². The zero-order valence-electron chi connectivity index (χ0n) is 38.3. The van der Waals surface area contributed by atoms with Crippen molar-refractivity contribution in [2.45, 2.75) is 0 Å². The van der Waals surface area contributed by atoms with Crippen LogP contribution in [0.15, 0.2) is 243 Å². The molecule has 11 aromatic carbocycles. The molecule has 6 nitrogen and oxygen atoms in total. The molecular formula is C65H40N6. The molecule has 0 N–H and O–H groups in total. The lowest BCUT2D eigenvalue weighted by Gasteiger charge is -2.13. The summed E-state index contributed by atoms with van der Waals surface area (Å²) in [6.07, 6.45) is 0. The first-order chi connectivity index (χ1) is 35.2. The van der Waals surface area contributed by atoms with Crippen molar-refractivity contribution >= 4 is 87.0 Å². The molecule has 0 aliphatic carbocycles. The highest BCUT2D eigenvalue weighted by Gasteiger charge is 2.23. The Balaban J connectivity index is 0.960. The summed E-state index contributed by atoms with van der Waals surface area (Å²) in [6, 6.07) is 86.9. The predicted octanol–water partition coefficient (Wildman–Crippen LogP) is 16.5. The first kappa shape index (κ1) is 39.4. The molecule has 0 unspecified atom stereocenters. The van der Waals surface area contributed by atoms with Crippen LogP contribution in [-0.4, -0.2) is 28.7 Å². The summed E-state index contributed by atoms with van der Waals surface area (Å²) in [7, 11) is 0. The van der Waals surface area contributed by atoms with Gasteiger partial charge in [-0.3, -0.25) is 4.57 Å². The van der Waals surface area contributed by atoms with Crippen LogP contribution in [0.5, 0.6) is 0 Å². The number of aromatic nitrogens is 6. The van der Waals surface area contributed by atoms with E-state index in [1.165, 1.54) is 43.7 Å². The summed E-state index contributed by atoms with van der Waals surface area (Å²) in [6.45, 7) is 0. The van der Waals surface area contributed by atoms with Gasteiger partial charge in [0.1, 0.15) is 0 Å². The molecule has 0 fully saturated rings. The van der Waals surface area contributed by atoms with E-state index in [2.05, 4.69) is 256 Å². The Kier molecular flexibility index (Phi) is 8.56. The second-order valence-corrected chi connectivity index (χ2v) is 18.4. The van der Waals surface area contributed by atoms with Gasteiger partial charge in [0, 0.05) is 54.8 Å². The molecule has 6 heteroatoms. The van der Waals surface area contributed by atoms with Crippen molar-refractivity contribution in [3.63, 3.8) is 0 Å². The highest BCUT2D eigenvalue weighted by molar-refractivity contribution is 6.29. The van der Waals surface area contributed by atoms with Crippen molar-refractivity contribution in [1.29, 1.82) is 0 Å². The van der Waals surface area contributed by atoms with Gasteiger partial charge in [-0.15, -0.1) is 0 Å². The van der Waals surface area contributed by atoms with E-state index in [1.807, 2.05) is 0 Å². The summed E-state index contributed by atoms with van der Waals surface area (Å²) in [5, 5.41) is 11.6. The fourth-order valence-corrected chi connectivity index (χ4v) is 11.4. The number of fused-ring (bicyclic) bond motifs is 12. The second-order valence-electron chi connectivity index (χ2n) is 18.4. The van der Waals surface area contributed by atoms with Gasteiger partial charge in [-0.1, -0.05) is 182 Å². The maximum Gasteiger partial charge on any atom is 0.238 e. The molecule has 15 aromatic rings. The first-order valence-corrected chi connectivity index (χ1v) is 24.1. The Morgan fingerprint density at radius 2 is 0.690 bits per heavy atom. The van der Waals surface area contributed by atoms with Gasteiger partial charge in [-0.25, -0.2) is 4.98 Å². The standard InChI is InChI=1S/C65H40N6/c1-2-17-41(18-3-1)44-23-14-24-45(39-44)69-56-33-12-9-28-52(56)61-59(69)37-38-60-62(61)53-29-10-13-34-57(53)70(60)46-35-36-58-54(40-46)49-27-8-11-32-55(49)71(58)65-67-63(50-30-15-21-42-19-4-6-25-47(42)50)66-64(68-65)51-31-16-22-43-20-5-7-26-48(43)51/h1-40H. The lowest BCUT2D eigenvalue weighted by atomic mass is 10.0. The predicted molar refractivity (Wildman–Crippen MR) is 294 cm³/mol. The average molecular weight is 905 g/mol. The normalized spacial score (nSPS) is 11.9. The molecule has 0 bridgehead atoms. The van der Waals surface area contributed by atoms with Gasteiger partial charge in [0.05, 0.1) is 33.1 Å². The van der Waals surface area contributed by atoms with Crippen LogP contribution in [0.2, 0.25) is 0 Å². The van der Waals surface area contributed by atoms with E-state index in [0.717, 1.165) is 76.9 Å². The minimum absolute atomic E-state index is 0.565. The fourth-order valence-electron chi connectivity index (χ4n) is 11.4. The molecule has 330 valence electrons. The van der Waals surface area contributed by atoms with Crippen LogP contribution in [0.25, 0.3) is 138 Å². The lowest BCUT2D eigenvalue weighted by Crippen LogP contribution is -2.07. The topological polar surface area (TPSA) is 53.5 Å².